The van der Waals surface area contributed by atoms with Gasteiger partial charge in [0.05, 0.1) is 17.6 Å². The van der Waals surface area contributed by atoms with Crippen molar-refractivity contribution < 1.29 is 14.3 Å². The van der Waals surface area contributed by atoms with Crippen LogP contribution >= 0.6 is 15.9 Å². The summed E-state index contributed by atoms with van der Waals surface area (Å²) < 4.78 is 15.2. The number of aliphatic carboxylic acids is 1. The molecule has 1 aromatic heterocycles. The number of nitrogens with zero attached hydrogens (tertiary/aromatic N) is 3. The Morgan fingerprint density at radius 3 is 3.00 bits per heavy atom. The van der Waals surface area contributed by atoms with Crippen molar-refractivity contribution in [2.75, 3.05) is 0 Å². The maximum atomic E-state index is 13.2. The highest BCUT2D eigenvalue weighted by atomic mass is 79.9. The van der Waals surface area contributed by atoms with Gasteiger partial charge in [-0.2, -0.15) is 0 Å². The molecule has 2 aromatic rings. The number of benzene rings is 1. The van der Waals surface area contributed by atoms with Crippen LogP contribution in [0.15, 0.2) is 28.9 Å². The van der Waals surface area contributed by atoms with E-state index in [9.17, 15) is 9.18 Å². The zero-order valence-corrected chi connectivity index (χ0v) is 11.2. The van der Waals surface area contributed by atoms with E-state index >= 15 is 0 Å². The van der Waals surface area contributed by atoms with Crippen molar-refractivity contribution in [3.05, 3.63) is 40.4 Å². The minimum absolute atomic E-state index is 0.0578. The van der Waals surface area contributed by atoms with E-state index in [-0.39, 0.29) is 6.42 Å². The Balaban J connectivity index is 2.26. The summed E-state index contributed by atoms with van der Waals surface area (Å²) >= 11 is 3.28. The second kappa shape index (κ2) is 5.45. The monoisotopic (exact) mass is 328 g/mol. The molecule has 0 aliphatic carbocycles. The van der Waals surface area contributed by atoms with Gasteiger partial charge in [-0.05, 0) is 28.1 Å². The summed E-state index contributed by atoms with van der Waals surface area (Å²) in [5, 5.41) is 16.3. The Morgan fingerprint density at radius 1 is 1.58 bits per heavy atom. The van der Waals surface area contributed by atoms with Crippen molar-refractivity contribution in [3.8, 4) is 5.69 Å². The summed E-state index contributed by atoms with van der Waals surface area (Å²) in [6, 6.07) is 3.11. The average Bonchev–Trinajstić information content (AvgIpc) is 2.80. The van der Waals surface area contributed by atoms with Crippen LogP contribution in [0, 0.1) is 5.82 Å². The Hall–Kier alpha value is -1.80. The number of hydrogen-bond donors (Lipinski definition) is 2. The van der Waals surface area contributed by atoms with E-state index in [0.717, 1.165) is 0 Å². The number of carboxylic acid groups (broad SMARTS) is 1. The highest BCUT2D eigenvalue weighted by Gasteiger charge is 2.15. The minimum Gasteiger partial charge on any atom is -0.480 e. The lowest BCUT2D eigenvalue weighted by atomic mass is 10.2. The first-order chi connectivity index (χ1) is 8.97. The van der Waals surface area contributed by atoms with Crippen molar-refractivity contribution >= 4 is 21.9 Å². The molecule has 8 heteroatoms. The van der Waals surface area contributed by atoms with E-state index in [4.69, 9.17) is 10.8 Å². The smallest absolute Gasteiger partial charge is 0.320 e. The fraction of sp³-hybridized carbons (Fsp3) is 0.182. The number of rotatable bonds is 4. The van der Waals surface area contributed by atoms with E-state index in [1.807, 2.05) is 0 Å². The second-order valence-electron chi connectivity index (χ2n) is 3.90. The number of hydrogen-bond acceptors (Lipinski definition) is 4. The lowest BCUT2D eigenvalue weighted by Gasteiger charge is -2.03. The van der Waals surface area contributed by atoms with E-state index in [0.29, 0.717) is 15.9 Å². The first-order valence-electron chi connectivity index (χ1n) is 5.32. The first kappa shape index (κ1) is 13.6. The van der Waals surface area contributed by atoms with Crippen molar-refractivity contribution in [2.24, 2.45) is 5.73 Å². The second-order valence-corrected chi connectivity index (χ2v) is 4.75. The van der Waals surface area contributed by atoms with E-state index in [1.165, 1.54) is 23.0 Å². The summed E-state index contributed by atoms with van der Waals surface area (Å²) in [5.41, 5.74) is 6.30. The normalized spacial score (nSPS) is 12.4. The maximum Gasteiger partial charge on any atom is 0.320 e. The molecule has 0 aliphatic rings. The Bertz CT molecular complexity index is 616. The largest absolute Gasteiger partial charge is 0.480 e. The number of nitrogens with two attached hydrogens (primary N) is 1. The Kier molecular flexibility index (Phi) is 3.91. The van der Waals surface area contributed by atoms with E-state index in [1.54, 1.807) is 6.07 Å². The van der Waals surface area contributed by atoms with Crippen molar-refractivity contribution in [2.45, 2.75) is 12.5 Å². The quantitative estimate of drug-likeness (QED) is 0.877. The molecule has 0 saturated heterocycles. The summed E-state index contributed by atoms with van der Waals surface area (Å²) in [6.45, 7) is 0. The SMILES string of the molecule is NC(Cc1cn(-c2cc(F)ccc2Br)nn1)C(=O)O. The molecule has 6 nitrogen and oxygen atoms in total. The topological polar surface area (TPSA) is 94.0 Å². The van der Waals surface area contributed by atoms with Gasteiger partial charge in [0.2, 0.25) is 0 Å². The third-order valence-electron chi connectivity index (χ3n) is 2.44. The van der Waals surface area contributed by atoms with Gasteiger partial charge in [0.1, 0.15) is 11.9 Å². The van der Waals surface area contributed by atoms with Crippen LogP contribution in [0.2, 0.25) is 0 Å². The van der Waals surface area contributed by atoms with Gasteiger partial charge in [-0.1, -0.05) is 5.21 Å². The van der Waals surface area contributed by atoms with Gasteiger partial charge in [-0.25, -0.2) is 9.07 Å². The summed E-state index contributed by atoms with van der Waals surface area (Å²) in [6.07, 6.45) is 1.57. The van der Waals surface area contributed by atoms with Crippen molar-refractivity contribution in [1.29, 1.82) is 0 Å². The molecule has 100 valence electrons. The molecule has 0 saturated carbocycles. The van der Waals surface area contributed by atoms with Crippen LogP contribution < -0.4 is 5.73 Å². The van der Waals surface area contributed by atoms with Gasteiger partial charge in [0.15, 0.2) is 0 Å². The minimum atomic E-state index is -1.11. The van der Waals surface area contributed by atoms with E-state index < -0.39 is 17.8 Å². The standard InChI is InChI=1S/C11H10BrFN4O2/c12-8-2-1-6(13)3-10(8)17-5-7(15-16-17)4-9(14)11(18)19/h1-3,5,9H,4,14H2,(H,18,19). The molecule has 0 spiro atoms. The fourth-order valence-corrected chi connectivity index (χ4v) is 1.91. The van der Waals surface area contributed by atoms with Crippen LogP contribution in [-0.4, -0.2) is 32.1 Å². The molecule has 0 bridgehead atoms. The molecule has 0 radical (unpaired) electrons. The highest BCUT2D eigenvalue weighted by molar-refractivity contribution is 9.10. The summed E-state index contributed by atoms with van der Waals surface area (Å²) in [4.78, 5) is 10.6. The number of carbonyl (C=O) groups is 1. The molecular formula is C11H10BrFN4O2. The molecule has 0 aliphatic heterocycles. The van der Waals surface area contributed by atoms with Gasteiger partial charge in [0, 0.05) is 17.0 Å². The number of aromatic nitrogens is 3. The predicted molar refractivity (Wildman–Crippen MR) is 68.3 cm³/mol. The number of halogens is 2. The fourth-order valence-electron chi connectivity index (χ4n) is 1.48. The molecule has 1 heterocycles. The van der Waals surface area contributed by atoms with Gasteiger partial charge in [-0.15, -0.1) is 5.10 Å². The lowest BCUT2D eigenvalue weighted by molar-refractivity contribution is -0.138. The molecule has 1 aromatic carbocycles. The predicted octanol–water partition coefficient (Wildman–Crippen LogP) is 1.12. The first-order valence-corrected chi connectivity index (χ1v) is 6.11. The molecule has 19 heavy (non-hydrogen) atoms. The van der Waals surface area contributed by atoms with Crippen LogP contribution in [0.1, 0.15) is 5.69 Å². The van der Waals surface area contributed by atoms with E-state index in [2.05, 4.69) is 26.2 Å². The van der Waals surface area contributed by atoms with Crippen LogP contribution in [0.5, 0.6) is 0 Å². The lowest BCUT2D eigenvalue weighted by Crippen LogP contribution is -2.32. The number of carboxylic acids is 1. The van der Waals surface area contributed by atoms with Crippen molar-refractivity contribution in [1.82, 2.24) is 15.0 Å². The highest BCUT2D eigenvalue weighted by Crippen LogP contribution is 2.21. The molecule has 0 amide bonds. The zero-order valence-electron chi connectivity index (χ0n) is 9.62. The molecule has 1 unspecified atom stereocenters. The van der Waals surface area contributed by atoms with Crippen LogP contribution in [0.4, 0.5) is 4.39 Å². The van der Waals surface area contributed by atoms with Gasteiger partial charge in [-0.3, -0.25) is 4.79 Å². The maximum absolute atomic E-state index is 13.2. The van der Waals surface area contributed by atoms with Crippen molar-refractivity contribution in [3.63, 3.8) is 0 Å². The summed E-state index contributed by atoms with van der Waals surface area (Å²) in [5.74, 6) is -1.51. The molecule has 2 rings (SSSR count). The Morgan fingerprint density at radius 2 is 2.32 bits per heavy atom. The molecule has 1 atom stereocenters. The van der Waals surface area contributed by atoms with Gasteiger partial charge >= 0.3 is 5.97 Å². The van der Waals surface area contributed by atoms with Gasteiger partial charge in [0.25, 0.3) is 0 Å². The van der Waals surface area contributed by atoms with Crippen LogP contribution in [0.3, 0.4) is 0 Å². The van der Waals surface area contributed by atoms with Crippen LogP contribution in [-0.2, 0) is 11.2 Å². The van der Waals surface area contributed by atoms with Crippen LogP contribution in [0.25, 0.3) is 5.69 Å². The molecular weight excluding hydrogens is 319 g/mol. The summed E-state index contributed by atoms with van der Waals surface area (Å²) in [7, 11) is 0. The average molecular weight is 329 g/mol. The zero-order chi connectivity index (χ0) is 14.0. The third-order valence-corrected chi connectivity index (χ3v) is 3.11. The van der Waals surface area contributed by atoms with Gasteiger partial charge < -0.3 is 10.8 Å². The molecule has 0 fully saturated rings. The third kappa shape index (κ3) is 3.15. The Labute approximate surface area is 116 Å². The molecule has 3 N–H and O–H groups in total.